The summed E-state index contributed by atoms with van der Waals surface area (Å²) in [6.45, 7) is 0. The minimum absolute atomic E-state index is 0.272. The summed E-state index contributed by atoms with van der Waals surface area (Å²) in [7, 11) is -2.01. The molecule has 29 heavy (non-hydrogen) atoms. The maximum atomic E-state index is 13.1. The van der Waals surface area contributed by atoms with E-state index in [1.165, 1.54) is 16.2 Å². The first-order valence-corrected chi connectivity index (χ1v) is 12.2. The summed E-state index contributed by atoms with van der Waals surface area (Å²) in [6, 6.07) is 32.1. The van der Waals surface area contributed by atoms with Gasteiger partial charge in [-0.15, -0.1) is 0 Å². The molecule has 0 atom stereocenters. The van der Waals surface area contributed by atoms with Gasteiger partial charge in [-0.2, -0.15) is 0 Å². The number of ketones is 1. The van der Waals surface area contributed by atoms with Crippen molar-refractivity contribution >= 4 is 23.7 Å². The average molecular weight is 397 g/mol. The third-order valence-corrected chi connectivity index (χ3v) is 10.2. The van der Waals surface area contributed by atoms with E-state index >= 15 is 0 Å². The number of allylic oxidation sites excluding steroid dienone is 4. The van der Waals surface area contributed by atoms with Crippen LogP contribution in [0.4, 0.5) is 0 Å². The van der Waals surface area contributed by atoms with Gasteiger partial charge < -0.3 is 0 Å². The van der Waals surface area contributed by atoms with E-state index in [4.69, 9.17) is 0 Å². The molecular formula is C27H26OP+. The molecule has 2 heteroatoms. The second-order valence-corrected chi connectivity index (χ2v) is 11.0. The molecule has 1 nitrogen and oxygen atoms in total. The largest absolute Gasteiger partial charge is 0.290 e. The first-order chi connectivity index (χ1) is 14.3. The van der Waals surface area contributed by atoms with E-state index in [0.29, 0.717) is 6.42 Å². The van der Waals surface area contributed by atoms with Crippen molar-refractivity contribution in [2.45, 2.75) is 19.3 Å². The highest BCUT2D eigenvalue weighted by Crippen LogP contribution is 2.64. The molecule has 0 bridgehead atoms. The fourth-order valence-electron chi connectivity index (χ4n) is 4.21. The lowest BCUT2D eigenvalue weighted by Crippen LogP contribution is -2.29. The number of carbonyl (C=O) groups is 1. The van der Waals surface area contributed by atoms with Gasteiger partial charge in [0.05, 0.1) is 6.16 Å². The zero-order chi connectivity index (χ0) is 19.9. The molecule has 0 N–H and O–H groups in total. The standard InChI is InChI=1S/C27H26OP/c28-26-20-10-11-21-27(26)29(24-16-6-2-7-17-24,25-18-8-3-9-19-25)22-12-15-23-13-4-1-5-14-23/h1-11,13-14,16-19,21H,12,15,20,22H2/q+1. The van der Waals surface area contributed by atoms with E-state index in [0.717, 1.165) is 24.3 Å². The van der Waals surface area contributed by atoms with E-state index in [2.05, 4.69) is 103 Å². The van der Waals surface area contributed by atoms with Gasteiger partial charge in [0, 0.05) is 6.42 Å². The van der Waals surface area contributed by atoms with Gasteiger partial charge in [0.1, 0.15) is 23.2 Å². The van der Waals surface area contributed by atoms with Crippen LogP contribution in [0, 0.1) is 0 Å². The van der Waals surface area contributed by atoms with Crippen LogP contribution in [0.1, 0.15) is 18.4 Å². The monoisotopic (exact) mass is 397 g/mol. The molecular weight excluding hydrogens is 371 g/mol. The molecule has 0 spiro atoms. The Morgan fingerprint density at radius 2 is 1.28 bits per heavy atom. The normalized spacial score (nSPS) is 13.9. The maximum Gasteiger partial charge on any atom is 0.202 e. The Morgan fingerprint density at radius 1 is 0.724 bits per heavy atom. The van der Waals surface area contributed by atoms with E-state index in [1.807, 2.05) is 6.08 Å². The zero-order valence-electron chi connectivity index (χ0n) is 16.6. The Bertz CT molecular complexity index is 965. The second kappa shape index (κ2) is 9.16. The quantitative estimate of drug-likeness (QED) is 0.467. The molecule has 4 rings (SSSR count). The van der Waals surface area contributed by atoms with Crippen LogP contribution < -0.4 is 10.6 Å². The Labute approximate surface area is 174 Å². The van der Waals surface area contributed by atoms with Crippen molar-refractivity contribution in [2.24, 2.45) is 0 Å². The molecule has 1 aliphatic carbocycles. The van der Waals surface area contributed by atoms with Gasteiger partial charge in [-0.1, -0.05) is 78.9 Å². The van der Waals surface area contributed by atoms with Crippen molar-refractivity contribution in [3.05, 3.63) is 120 Å². The molecule has 0 amide bonds. The fourth-order valence-corrected chi connectivity index (χ4v) is 8.67. The van der Waals surface area contributed by atoms with Crippen molar-refractivity contribution in [3.8, 4) is 0 Å². The lowest BCUT2D eigenvalue weighted by Gasteiger charge is -2.29. The third-order valence-electron chi connectivity index (χ3n) is 5.59. The van der Waals surface area contributed by atoms with Crippen LogP contribution in [0.15, 0.2) is 115 Å². The van der Waals surface area contributed by atoms with Gasteiger partial charge in [0.25, 0.3) is 0 Å². The zero-order valence-corrected chi connectivity index (χ0v) is 17.5. The average Bonchev–Trinajstić information content (AvgIpc) is 2.79. The number of hydrogen-bond acceptors (Lipinski definition) is 1. The van der Waals surface area contributed by atoms with Crippen LogP contribution in [-0.4, -0.2) is 11.9 Å². The fraction of sp³-hybridized carbons (Fsp3) is 0.148. The third kappa shape index (κ3) is 4.16. The van der Waals surface area contributed by atoms with Crippen molar-refractivity contribution in [1.82, 2.24) is 0 Å². The second-order valence-electron chi connectivity index (χ2n) is 7.40. The topological polar surface area (TPSA) is 17.1 Å². The van der Waals surface area contributed by atoms with Gasteiger partial charge in [-0.05, 0) is 48.7 Å². The van der Waals surface area contributed by atoms with Crippen LogP contribution in [-0.2, 0) is 11.2 Å². The molecule has 0 saturated heterocycles. The summed E-state index contributed by atoms with van der Waals surface area (Å²) in [5.74, 6) is 0.272. The van der Waals surface area contributed by atoms with Crippen molar-refractivity contribution < 1.29 is 4.79 Å². The molecule has 3 aromatic rings. The van der Waals surface area contributed by atoms with Crippen LogP contribution in [0.5, 0.6) is 0 Å². The minimum Gasteiger partial charge on any atom is -0.290 e. The van der Waals surface area contributed by atoms with Crippen molar-refractivity contribution in [1.29, 1.82) is 0 Å². The summed E-state index contributed by atoms with van der Waals surface area (Å²) in [5, 5.41) is 3.62. The summed E-state index contributed by atoms with van der Waals surface area (Å²) in [5.41, 5.74) is 1.36. The molecule has 0 radical (unpaired) electrons. The van der Waals surface area contributed by atoms with Gasteiger partial charge in [0.15, 0.2) is 0 Å². The molecule has 144 valence electrons. The number of benzene rings is 3. The van der Waals surface area contributed by atoms with Crippen LogP contribution in [0.2, 0.25) is 0 Å². The highest BCUT2D eigenvalue weighted by Gasteiger charge is 2.49. The Balaban J connectivity index is 1.80. The van der Waals surface area contributed by atoms with Gasteiger partial charge in [-0.3, -0.25) is 4.79 Å². The first kappa shape index (κ1) is 19.6. The number of hydrogen-bond donors (Lipinski definition) is 0. The van der Waals surface area contributed by atoms with Crippen molar-refractivity contribution in [2.75, 3.05) is 6.16 Å². The van der Waals surface area contributed by atoms with Gasteiger partial charge in [0.2, 0.25) is 5.78 Å². The molecule has 0 aliphatic heterocycles. The SMILES string of the molecule is O=C1CC=CC=C1[P+](CCCc1ccccc1)(c1ccccc1)c1ccccc1. The van der Waals surface area contributed by atoms with E-state index < -0.39 is 7.26 Å². The minimum atomic E-state index is -2.01. The predicted octanol–water partition coefficient (Wildman–Crippen LogP) is 5.70. The lowest BCUT2D eigenvalue weighted by atomic mass is 10.1. The Kier molecular flexibility index (Phi) is 6.17. The van der Waals surface area contributed by atoms with Crippen LogP contribution >= 0.6 is 7.26 Å². The molecule has 3 aromatic carbocycles. The summed E-state index contributed by atoms with van der Waals surface area (Å²) in [6.07, 6.45) is 9.71. The number of aryl methyl sites for hydroxylation is 1. The summed E-state index contributed by atoms with van der Waals surface area (Å²) >= 11 is 0. The molecule has 0 heterocycles. The Hall–Kier alpha value is -2.76. The summed E-state index contributed by atoms with van der Waals surface area (Å²) in [4.78, 5) is 13.1. The van der Waals surface area contributed by atoms with E-state index in [9.17, 15) is 4.79 Å². The molecule has 0 fully saturated rings. The molecule has 1 aliphatic rings. The highest BCUT2D eigenvalue weighted by molar-refractivity contribution is 7.93. The number of rotatable bonds is 7. The number of Topliss-reactive ketones (excluding diaryl/α,β-unsaturated/α-hetero) is 1. The maximum absolute atomic E-state index is 13.1. The van der Waals surface area contributed by atoms with Crippen LogP contribution in [0.25, 0.3) is 0 Å². The highest BCUT2D eigenvalue weighted by atomic mass is 31.2. The molecule has 0 aromatic heterocycles. The first-order valence-electron chi connectivity index (χ1n) is 10.2. The van der Waals surface area contributed by atoms with Crippen molar-refractivity contribution in [3.63, 3.8) is 0 Å². The smallest absolute Gasteiger partial charge is 0.202 e. The van der Waals surface area contributed by atoms with E-state index in [-0.39, 0.29) is 5.78 Å². The number of carbonyl (C=O) groups excluding carboxylic acids is 1. The van der Waals surface area contributed by atoms with Gasteiger partial charge >= 0.3 is 0 Å². The molecule has 0 unspecified atom stereocenters. The Morgan fingerprint density at radius 3 is 1.83 bits per heavy atom. The lowest BCUT2D eigenvalue weighted by molar-refractivity contribution is -0.114. The van der Waals surface area contributed by atoms with Crippen LogP contribution in [0.3, 0.4) is 0 Å². The summed E-state index contributed by atoms with van der Waals surface area (Å²) < 4.78 is 0. The van der Waals surface area contributed by atoms with Gasteiger partial charge in [-0.25, -0.2) is 0 Å². The predicted molar refractivity (Wildman–Crippen MR) is 126 cm³/mol. The molecule has 0 saturated carbocycles. The van der Waals surface area contributed by atoms with E-state index in [1.54, 1.807) is 0 Å².